The van der Waals surface area contributed by atoms with E-state index in [2.05, 4.69) is 10.6 Å². The lowest BCUT2D eigenvalue weighted by molar-refractivity contribution is -0.147. The van der Waals surface area contributed by atoms with Gasteiger partial charge in [0.1, 0.15) is 0 Å². The van der Waals surface area contributed by atoms with E-state index in [9.17, 15) is 19.2 Å². The van der Waals surface area contributed by atoms with Crippen LogP contribution in [0.3, 0.4) is 0 Å². The minimum atomic E-state index is -0.563. The zero-order valence-corrected chi connectivity index (χ0v) is 17.5. The maximum Gasteiger partial charge on any atom is 0.306 e. The van der Waals surface area contributed by atoms with Gasteiger partial charge < -0.3 is 15.4 Å². The predicted octanol–water partition coefficient (Wildman–Crippen LogP) is 4.14. The van der Waals surface area contributed by atoms with Crippen LogP contribution in [0.1, 0.15) is 42.1 Å². The molecule has 0 saturated carbocycles. The quantitative estimate of drug-likeness (QED) is 0.459. The van der Waals surface area contributed by atoms with E-state index in [1.807, 2.05) is 6.92 Å². The molecule has 2 N–H and O–H groups in total. The highest BCUT2D eigenvalue weighted by molar-refractivity contribution is 6.31. The summed E-state index contributed by atoms with van der Waals surface area (Å²) in [5, 5.41) is 5.81. The predicted molar refractivity (Wildman–Crippen MR) is 115 cm³/mol. The van der Waals surface area contributed by atoms with Gasteiger partial charge in [-0.25, -0.2) is 0 Å². The number of hydrogen-bond donors (Lipinski definition) is 2. The van der Waals surface area contributed by atoms with E-state index in [0.717, 1.165) is 5.56 Å². The number of hydrogen-bond acceptors (Lipinski definition) is 5. The fraction of sp³-hybridized carbons (Fsp3) is 0.273. The standard InChI is InChI=1S/C22H23ClN2O5/c1-14-6-9-17(23)12-19(14)25-21(28)13-30-22(29)5-3-4-20(27)24-18-10-7-16(8-11-18)15(2)26/h6-12H,3-5,13H2,1-2H3,(H,24,27)(H,25,28). The van der Waals surface area contributed by atoms with Gasteiger partial charge in [-0.15, -0.1) is 0 Å². The third kappa shape index (κ3) is 7.67. The molecule has 2 aromatic carbocycles. The number of ketones is 1. The largest absolute Gasteiger partial charge is 0.456 e. The molecule has 0 heterocycles. The summed E-state index contributed by atoms with van der Waals surface area (Å²) in [6, 6.07) is 11.6. The molecule has 0 aromatic heterocycles. The van der Waals surface area contributed by atoms with E-state index in [0.29, 0.717) is 22.0 Å². The molecule has 0 aliphatic carbocycles. The minimum Gasteiger partial charge on any atom is -0.456 e. The third-order valence-corrected chi connectivity index (χ3v) is 4.43. The van der Waals surface area contributed by atoms with Crippen molar-refractivity contribution in [1.82, 2.24) is 0 Å². The second-order valence-electron chi connectivity index (χ2n) is 6.70. The first kappa shape index (κ1) is 23.1. The van der Waals surface area contributed by atoms with Crippen LogP contribution in [0.25, 0.3) is 0 Å². The van der Waals surface area contributed by atoms with E-state index in [-0.39, 0.29) is 31.0 Å². The number of Topliss-reactive ketones (excluding diaryl/α,β-unsaturated/α-hetero) is 1. The van der Waals surface area contributed by atoms with Crippen molar-refractivity contribution in [3.63, 3.8) is 0 Å². The summed E-state index contributed by atoms with van der Waals surface area (Å²) >= 11 is 5.90. The second kappa shape index (κ2) is 11.1. The van der Waals surface area contributed by atoms with Gasteiger partial charge in [0.25, 0.3) is 5.91 Å². The molecule has 0 saturated heterocycles. The Labute approximate surface area is 179 Å². The Balaban J connectivity index is 1.66. The number of anilines is 2. The number of carbonyl (C=O) groups is 4. The van der Waals surface area contributed by atoms with Crippen LogP contribution in [0.15, 0.2) is 42.5 Å². The van der Waals surface area contributed by atoms with Crippen LogP contribution >= 0.6 is 11.6 Å². The molecular weight excluding hydrogens is 408 g/mol. The average molecular weight is 431 g/mol. The zero-order valence-electron chi connectivity index (χ0n) is 16.8. The molecule has 30 heavy (non-hydrogen) atoms. The number of rotatable bonds is 9. The molecule has 158 valence electrons. The Morgan fingerprint density at radius 3 is 2.30 bits per heavy atom. The van der Waals surface area contributed by atoms with Crippen LogP contribution in [0.2, 0.25) is 5.02 Å². The summed E-state index contributed by atoms with van der Waals surface area (Å²) in [5.74, 6) is -1.35. The van der Waals surface area contributed by atoms with Gasteiger partial charge in [-0.05, 0) is 62.2 Å². The highest BCUT2D eigenvalue weighted by Crippen LogP contribution is 2.20. The van der Waals surface area contributed by atoms with E-state index >= 15 is 0 Å². The summed E-state index contributed by atoms with van der Waals surface area (Å²) in [4.78, 5) is 46.9. The van der Waals surface area contributed by atoms with Gasteiger partial charge in [-0.1, -0.05) is 17.7 Å². The van der Waals surface area contributed by atoms with Crippen LogP contribution in [0.5, 0.6) is 0 Å². The molecule has 0 spiro atoms. The van der Waals surface area contributed by atoms with Crippen molar-refractivity contribution in [3.05, 3.63) is 58.6 Å². The summed E-state index contributed by atoms with van der Waals surface area (Å²) < 4.78 is 4.93. The molecule has 0 bridgehead atoms. The van der Waals surface area contributed by atoms with Gasteiger partial charge in [-0.3, -0.25) is 19.2 Å². The molecule has 0 aliphatic rings. The third-order valence-electron chi connectivity index (χ3n) is 4.20. The molecule has 0 aliphatic heterocycles. The van der Waals surface area contributed by atoms with Crippen LogP contribution in [0.4, 0.5) is 11.4 Å². The minimum absolute atomic E-state index is 0.0141. The van der Waals surface area contributed by atoms with Crippen molar-refractivity contribution in [3.8, 4) is 0 Å². The van der Waals surface area contributed by atoms with Crippen LogP contribution < -0.4 is 10.6 Å². The van der Waals surface area contributed by atoms with E-state index in [4.69, 9.17) is 16.3 Å². The van der Waals surface area contributed by atoms with Gasteiger partial charge in [0.15, 0.2) is 12.4 Å². The Morgan fingerprint density at radius 1 is 0.933 bits per heavy atom. The van der Waals surface area contributed by atoms with E-state index in [1.165, 1.54) is 6.92 Å². The second-order valence-corrected chi connectivity index (χ2v) is 7.14. The SMILES string of the molecule is CC(=O)c1ccc(NC(=O)CCCC(=O)OCC(=O)Nc2cc(Cl)ccc2C)cc1. The highest BCUT2D eigenvalue weighted by Gasteiger charge is 2.11. The number of carbonyl (C=O) groups excluding carboxylic acids is 4. The van der Waals surface area contributed by atoms with Crippen molar-refractivity contribution in [2.24, 2.45) is 0 Å². The first-order chi connectivity index (χ1) is 14.2. The topological polar surface area (TPSA) is 102 Å². The lowest BCUT2D eigenvalue weighted by Gasteiger charge is -2.09. The fourth-order valence-corrected chi connectivity index (χ4v) is 2.71. The molecule has 0 fully saturated rings. The van der Waals surface area contributed by atoms with Gasteiger partial charge >= 0.3 is 5.97 Å². The lowest BCUT2D eigenvalue weighted by atomic mass is 10.1. The maximum atomic E-state index is 11.9. The molecule has 2 aromatic rings. The van der Waals surface area contributed by atoms with E-state index in [1.54, 1.807) is 42.5 Å². The first-order valence-electron chi connectivity index (χ1n) is 9.37. The summed E-state index contributed by atoms with van der Waals surface area (Å²) in [6.07, 6.45) is 0.419. The number of benzene rings is 2. The van der Waals surface area contributed by atoms with Gasteiger partial charge in [-0.2, -0.15) is 0 Å². The lowest BCUT2D eigenvalue weighted by Crippen LogP contribution is -2.21. The Hall–Kier alpha value is -3.19. The number of ether oxygens (including phenoxy) is 1. The number of nitrogens with one attached hydrogen (secondary N) is 2. The molecule has 0 radical (unpaired) electrons. The van der Waals surface area contributed by atoms with Crippen molar-refractivity contribution >= 4 is 46.5 Å². The summed E-state index contributed by atoms with van der Waals surface area (Å²) in [5.41, 5.74) is 2.52. The number of esters is 1. The van der Waals surface area contributed by atoms with Crippen molar-refractivity contribution < 1.29 is 23.9 Å². The van der Waals surface area contributed by atoms with Crippen LogP contribution in [-0.4, -0.2) is 30.2 Å². The summed E-state index contributed by atoms with van der Waals surface area (Å²) in [7, 11) is 0. The molecule has 7 nitrogen and oxygen atoms in total. The van der Waals surface area contributed by atoms with Crippen LogP contribution in [-0.2, 0) is 19.1 Å². The zero-order chi connectivity index (χ0) is 22.1. The number of amides is 2. The molecule has 2 amide bonds. The Kier molecular flexibility index (Phi) is 8.55. The number of aryl methyl sites for hydroxylation is 1. The van der Waals surface area contributed by atoms with Crippen molar-refractivity contribution in [2.75, 3.05) is 17.2 Å². The smallest absolute Gasteiger partial charge is 0.306 e. The van der Waals surface area contributed by atoms with E-state index < -0.39 is 18.5 Å². The van der Waals surface area contributed by atoms with Gasteiger partial charge in [0, 0.05) is 34.8 Å². The molecule has 0 unspecified atom stereocenters. The molecule has 8 heteroatoms. The van der Waals surface area contributed by atoms with Crippen molar-refractivity contribution in [1.29, 1.82) is 0 Å². The Morgan fingerprint density at radius 2 is 1.63 bits per heavy atom. The normalized spacial score (nSPS) is 10.2. The van der Waals surface area contributed by atoms with Gasteiger partial charge in [0.05, 0.1) is 0 Å². The van der Waals surface area contributed by atoms with Crippen LogP contribution in [0, 0.1) is 6.92 Å². The molecule has 0 atom stereocenters. The first-order valence-corrected chi connectivity index (χ1v) is 9.75. The van der Waals surface area contributed by atoms with Gasteiger partial charge in [0.2, 0.25) is 5.91 Å². The average Bonchev–Trinajstić information content (AvgIpc) is 2.69. The fourth-order valence-electron chi connectivity index (χ4n) is 2.54. The number of halogens is 1. The highest BCUT2D eigenvalue weighted by atomic mass is 35.5. The molecule has 2 rings (SSSR count). The van der Waals surface area contributed by atoms with Crippen molar-refractivity contribution in [2.45, 2.75) is 33.1 Å². The monoisotopic (exact) mass is 430 g/mol. The maximum absolute atomic E-state index is 11.9. The Bertz CT molecular complexity index is 941. The molecular formula is C22H23ClN2O5. The summed E-state index contributed by atoms with van der Waals surface area (Å²) in [6.45, 7) is 2.87.